The number of hydrogen-bond donors (Lipinski definition) is 3. The zero-order chi connectivity index (χ0) is 14.8. The van der Waals surface area contributed by atoms with Gasteiger partial charge in [-0.05, 0) is 5.56 Å². The fraction of sp³-hybridized carbons (Fsp3) is 0.0714. The molecule has 3 aromatic rings. The van der Waals surface area contributed by atoms with E-state index in [1.807, 2.05) is 30.3 Å². The van der Waals surface area contributed by atoms with E-state index in [9.17, 15) is 15.1 Å². The smallest absolute Gasteiger partial charge is 0.286 e. The Bertz CT molecular complexity index is 846. The molecule has 0 atom stereocenters. The standard InChI is InChI=1S/C14H12N4O3/c19-11-6-10(15-7-9-4-2-1-3-5-9)12-13(18(11)21)16-8-17-14(12)20/h1-6,8,15,21H,7H2,(H,16,17,20). The predicted octanol–water partition coefficient (Wildman–Crippen LogP) is 1.35. The summed E-state index contributed by atoms with van der Waals surface area (Å²) in [5, 5.41) is 22.8. The monoisotopic (exact) mass is 284 g/mol. The molecule has 106 valence electrons. The third-order valence-electron chi connectivity index (χ3n) is 3.08. The van der Waals surface area contributed by atoms with E-state index in [1.165, 1.54) is 6.07 Å². The molecule has 2 aromatic heterocycles. The maximum absolute atomic E-state index is 11.7. The minimum absolute atomic E-state index is 0.0504. The van der Waals surface area contributed by atoms with Crippen molar-refractivity contribution in [2.24, 2.45) is 0 Å². The van der Waals surface area contributed by atoms with Crippen molar-refractivity contribution in [1.82, 2.24) is 14.7 Å². The quantitative estimate of drug-likeness (QED) is 0.628. The van der Waals surface area contributed by atoms with Crippen LogP contribution < -0.4 is 10.9 Å². The van der Waals surface area contributed by atoms with Crippen LogP contribution in [-0.4, -0.2) is 25.0 Å². The molecule has 0 aliphatic heterocycles. The number of fused-ring (bicyclic) bond motifs is 1. The number of aromatic hydroxyl groups is 1. The molecular formula is C14H12N4O3. The molecule has 0 radical (unpaired) electrons. The second-order valence-electron chi connectivity index (χ2n) is 4.44. The van der Waals surface area contributed by atoms with E-state index in [0.29, 0.717) is 17.0 Å². The third-order valence-corrected chi connectivity index (χ3v) is 3.08. The first-order valence-corrected chi connectivity index (χ1v) is 6.23. The maximum atomic E-state index is 11.7. The first kappa shape index (κ1) is 12.9. The van der Waals surface area contributed by atoms with Crippen LogP contribution in [0.3, 0.4) is 0 Å². The Labute approximate surface area is 119 Å². The zero-order valence-electron chi connectivity index (χ0n) is 10.9. The number of nitrogens with one attached hydrogen (secondary N) is 1. The van der Waals surface area contributed by atoms with Gasteiger partial charge < -0.3 is 15.6 Å². The van der Waals surface area contributed by atoms with Crippen LogP contribution >= 0.6 is 0 Å². The Hall–Kier alpha value is -3.09. The van der Waals surface area contributed by atoms with Crippen molar-refractivity contribution in [3.8, 4) is 5.88 Å². The Kier molecular flexibility index (Phi) is 3.15. The molecule has 0 fully saturated rings. The average Bonchev–Trinajstić information content (AvgIpc) is 2.50. The van der Waals surface area contributed by atoms with E-state index in [2.05, 4.69) is 15.3 Å². The van der Waals surface area contributed by atoms with Crippen LogP contribution in [0.5, 0.6) is 5.88 Å². The lowest BCUT2D eigenvalue weighted by Crippen LogP contribution is -2.19. The highest BCUT2D eigenvalue weighted by atomic mass is 16.5. The van der Waals surface area contributed by atoms with Crippen molar-refractivity contribution in [2.75, 3.05) is 5.32 Å². The molecular weight excluding hydrogens is 272 g/mol. The topological polar surface area (TPSA) is 100 Å². The van der Waals surface area contributed by atoms with E-state index < -0.39 is 5.56 Å². The molecule has 7 heteroatoms. The van der Waals surface area contributed by atoms with Crippen LogP contribution in [0, 0.1) is 0 Å². The zero-order valence-corrected chi connectivity index (χ0v) is 10.9. The summed E-state index contributed by atoms with van der Waals surface area (Å²) in [6, 6.07) is 10.8. The minimum Gasteiger partial charge on any atom is -0.493 e. The van der Waals surface area contributed by atoms with Gasteiger partial charge in [-0.25, -0.2) is 9.97 Å². The molecule has 2 heterocycles. The second kappa shape index (κ2) is 5.12. The van der Waals surface area contributed by atoms with Gasteiger partial charge in [-0.3, -0.25) is 4.79 Å². The Morgan fingerprint density at radius 2 is 1.95 bits per heavy atom. The fourth-order valence-electron chi connectivity index (χ4n) is 2.06. The molecule has 7 nitrogen and oxygen atoms in total. The van der Waals surface area contributed by atoms with Crippen LogP contribution in [0.2, 0.25) is 0 Å². The second-order valence-corrected chi connectivity index (χ2v) is 4.44. The number of pyridine rings is 1. The van der Waals surface area contributed by atoms with Crippen LogP contribution in [0.15, 0.2) is 47.5 Å². The van der Waals surface area contributed by atoms with Gasteiger partial charge in [0.2, 0.25) is 5.88 Å². The van der Waals surface area contributed by atoms with Crippen molar-refractivity contribution >= 4 is 16.7 Å². The summed E-state index contributed by atoms with van der Waals surface area (Å²) in [7, 11) is 0. The fourth-order valence-corrected chi connectivity index (χ4v) is 2.06. The van der Waals surface area contributed by atoms with E-state index in [1.54, 1.807) is 0 Å². The molecule has 0 unspecified atom stereocenters. The average molecular weight is 284 g/mol. The molecule has 0 aliphatic rings. The molecule has 3 N–H and O–H groups in total. The van der Waals surface area contributed by atoms with Gasteiger partial charge in [0.15, 0.2) is 5.65 Å². The molecule has 0 amide bonds. The van der Waals surface area contributed by atoms with Crippen LogP contribution in [0.25, 0.3) is 11.0 Å². The van der Waals surface area contributed by atoms with Gasteiger partial charge in [-0.1, -0.05) is 30.3 Å². The van der Waals surface area contributed by atoms with Gasteiger partial charge in [0.05, 0.1) is 5.69 Å². The van der Waals surface area contributed by atoms with Crippen LogP contribution in [0.1, 0.15) is 5.56 Å². The SMILES string of the molecule is O=c1cc(NCc2ccccc2)c2c(O)ncnc2n1O. The summed E-state index contributed by atoms with van der Waals surface area (Å²) in [4.78, 5) is 19.2. The van der Waals surface area contributed by atoms with Crippen molar-refractivity contribution < 1.29 is 10.3 Å². The summed E-state index contributed by atoms with van der Waals surface area (Å²) >= 11 is 0. The van der Waals surface area contributed by atoms with E-state index in [0.717, 1.165) is 11.9 Å². The number of anilines is 1. The van der Waals surface area contributed by atoms with Gasteiger partial charge in [-0.15, -0.1) is 4.73 Å². The largest absolute Gasteiger partial charge is 0.493 e. The number of hydrogen-bond acceptors (Lipinski definition) is 6. The maximum Gasteiger partial charge on any atom is 0.286 e. The third kappa shape index (κ3) is 2.36. The minimum atomic E-state index is -0.642. The van der Waals surface area contributed by atoms with E-state index >= 15 is 0 Å². The predicted molar refractivity (Wildman–Crippen MR) is 76.4 cm³/mol. The van der Waals surface area contributed by atoms with Gasteiger partial charge in [0, 0.05) is 12.6 Å². The Morgan fingerprint density at radius 3 is 2.71 bits per heavy atom. The summed E-state index contributed by atoms with van der Waals surface area (Å²) < 4.78 is 0.379. The Balaban J connectivity index is 2.06. The van der Waals surface area contributed by atoms with Crippen molar-refractivity contribution in [3.05, 3.63) is 58.6 Å². The van der Waals surface area contributed by atoms with Gasteiger partial charge in [-0.2, -0.15) is 0 Å². The molecule has 0 bridgehead atoms. The van der Waals surface area contributed by atoms with E-state index in [4.69, 9.17) is 0 Å². The number of rotatable bonds is 3. The molecule has 0 aliphatic carbocycles. The molecule has 0 saturated heterocycles. The van der Waals surface area contributed by atoms with Crippen molar-refractivity contribution in [1.29, 1.82) is 0 Å². The molecule has 21 heavy (non-hydrogen) atoms. The van der Waals surface area contributed by atoms with Gasteiger partial charge in [0.25, 0.3) is 5.56 Å². The number of aromatic nitrogens is 3. The van der Waals surface area contributed by atoms with Crippen LogP contribution in [0.4, 0.5) is 5.69 Å². The van der Waals surface area contributed by atoms with Gasteiger partial charge in [0.1, 0.15) is 11.7 Å². The highest BCUT2D eigenvalue weighted by Gasteiger charge is 2.13. The van der Waals surface area contributed by atoms with Gasteiger partial charge >= 0.3 is 0 Å². The first-order valence-electron chi connectivity index (χ1n) is 6.23. The summed E-state index contributed by atoms with van der Waals surface area (Å²) in [6.45, 7) is 0.457. The lowest BCUT2D eigenvalue weighted by Gasteiger charge is -2.11. The van der Waals surface area contributed by atoms with Crippen molar-refractivity contribution in [3.63, 3.8) is 0 Å². The molecule has 0 saturated carbocycles. The lowest BCUT2D eigenvalue weighted by atomic mass is 10.2. The highest BCUT2D eigenvalue weighted by molar-refractivity contribution is 5.92. The molecule has 0 spiro atoms. The Morgan fingerprint density at radius 1 is 1.19 bits per heavy atom. The number of benzene rings is 1. The van der Waals surface area contributed by atoms with Crippen LogP contribution in [-0.2, 0) is 6.54 Å². The van der Waals surface area contributed by atoms with E-state index in [-0.39, 0.29) is 16.9 Å². The molecule has 1 aromatic carbocycles. The normalized spacial score (nSPS) is 10.7. The van der Waals surface area contributed by atoms with Crippen molar-refractivity contribution in [2.45, 2.75) is 6.54 Å². The highest BCUT2D eigenvalue weighted by Crippen LogP contribution is 2.26. The summed E-state index contributed by atoms with van der Waals surface area (Å²) in [5.74, 6) is -0.307. The summed E-state index contributed by atoms with van der Waals surface area (Å²) in [6.07, 6.45) is 1.07. The first-order chi connectivity index (χ1) is 10.2. The number of nitrogens with zero attached hydrogens (tertiary/aromatic N) is 3. The lowest BCUT2D eigenvalue weighted by molar-refractivity contribution is 0.186. The summed E-state index contributed by atoms with van der Waals surface area (Å²) in [5.41, 5.74) is 0.680. The molecule has 3 rings (SSSR count).